The summed E-state index contributed by atoms with van der Waals surface area (Å²) in [7, 11) is 1.58. The van der Waals surface area contributed by atoms with E-state index >= 15 is 0 Å². The molecule has 1 N–H and O–H groups in total. The number of carbonyl (C=O) groups is 1. The monoisotopic (exact) mass is 390 g/mol. The lowest BCUT2D eigenvalue weighted by Crippen LogP contribution is -2.46. The van der Waals surface area contributed by atoms with Gasteiger partial charge >= 0.3 is 0 Å². The molecule has 0 aliphatic carbocycles. The van der Waals surface area contributed by atoms with Crippen LogP contribution >= 0.6 is 0 Å². The third-order valence-electron chi connectivity index (χ3n) is 4.99. The Labute approximate surface area is 163 Å². The Morgan fingerprint density at radius 1 is 1.43 bits per heavy atom. The van der Waals surface area contributed by atoms with Gasteiger partial charge < -0.3 is 24.2 Å². The van der Waals surface area contributed by atoms with Crippen LogP contribution in [0.15, 0.2) is 10.6 Å². The van der Waals surface area contributed by atoms with Crippen LogP contribution in [0.2, 0.25) is 0 Å². The van der Waals surface area contributed by atoms with Crippen LogP contribution in [-0.2, 0) is 46.8 Å². The summed E-state index contributed by atoms with van der Waals surface area (Å²) < 4.78 is 18.0. The van der Waals surface area contributed by atoms with Gasteiger partial charge in [-0.2, -0.15) is 10.1 Å². The van der Waals surface area contributed by atoms with E-state index in [0.717, 1.165) is 25.3 Å². The number of hydrogen-bond donors (Lipinski definition) is 1. The SMILES string of the molecule is COCc1noc(CC2CN(C(=O)CCc3cc4n(n3)CCNC4)CCO2)n1. The molecule has 4 rings (SSSR count). The smallest absolute Gasteiger partial charge is 0.229 e. The summed E-state index contributed by atoms with van der Waals surface area (Å²) in [5.41, 5.74) is 2.17. The van der Waals surface area contributed by atoms with E-state index in [2.05, 4.69) is 26.6 Å². The lowest BCUT2D eigenvalue weighted by Gasteiger charge is -2.32. The quantitative estimate of drug-likeness (QED) is 0.699. The van der Waals surface area contributed by atoms with Crippen molar-refractivity contribution < 1.29 is 18.8 Å². The molecule has 1 atom stereocenters. The van der Waals surface area contributed by atoms with Crippen molar-refractivity contribution in [3.8, 4) is 0 Å². The van der Waals surface area contributed by atoms with Crippen molar-refractivity contribution >= 4 is 5.91 Å². The number of morpholine rings is 1. The molecule has 1 unspecified atom stereocenters. The Bertz CT molecular complexity index is 780. The molecule has 2 aliphatic rings. The second kappa shape index (κ2) is 8.80. The number of fused-ring (bicyclic) bond motifs is 1. The lowest BCUT2D eigenvalue weighted by molar-refractivity contribution is -0.138. The molecule has 0 radical (unpaired) electrons. The lowest BCUT2D eigenvalue weighted by atomic mass is 10.1. The van der Waals surface area contributed by atoms with E-state index in [1.165, 1.54) is 5.69 Å². The standard InChI is InChI=1S/C18H26N6O4/c1-26-12-16-20-17(28-22-16)9-15-11-23(6-7-27-15)18(25)3-2-13-8-14-10-19-4-5-24(14)21-13/h8,15,19H,2-7,9-12H2,1H3. The number of methoxy groups -OCH3 is 1. The average Bonchev–Trinajstić information content (AvgIpc) is 3.33. The molecule has 10 heteroatoms. The van der Waals surface area contributed by atoms with Crippen LogP contribution in [0.4, 0.5) is 0 Å². The summed E-state index contributed by atoms with van der Waals surface area (Å²) >= 11 is 0. The largest absolute Gasteiger partial charge is 0.377 e. The van der Waals surface area contributed by atoms with E-state index in [9.17, 15) is 4.79 Å². The molecular formula is C18H26N6O4. The number of ether oxygens (including phenoxy) is 2. The molecule has 1 fully saturated rings. The van der Waals surface area contributed by atoms with Gasteiger partial charge in [0.05, 0.1) is 37.1 Å². The number of aryl methyl sites for hydroxylation is 1. The van der Waals surface area contributed by atoms with Gasteiger partial charge in [-0.1, -0.05) is 5.16 Å². The second-order valence-corrected chi connectivity index (χ2v) is 7.10. The van der Waals surface area contributed by atoms with Gasteiger partial charge in [0, 0.05) is 46.1 Å². The number of hydrogen-bond acceptors (Lipinski definition) is 8. The Morgan fingerprint density at radius 2 is 2.36 bits per heavy atom. The fraction of sp³-hybridized carbons (Fsp3) is 0.667. The minimum atomic E-state index is -0.139. The minimum absolute atomic E-state index is 0.128. The van der Waals surface area contributed by atoms with Crippen LogP contribution in [0.5, 0.6) is 0 Å². The fourth-order valence-corrected chi connectivity index (χ4v) is 3.59. The predicted molar refractivity (Wildman–Crippen MR) is 97.3 cm³/mol. The van der Waals surface area contributed by atoms with Crippen LogP contribution in [0.25, 0.3) is 0 Å². The summed E-state index contributed by atoms with van der Waals surface area (Å²) in [5.74, 6) is 1.14. The summed E-state index contributed by atoms with van der Waals surface area (Å²) in [6, 6.07) is 2.09. The first kappa shape index (κ1) is 19.0. The number of nitrogens with one attached hydrogen (secondary N) is 1. The van der Waals surface area contributed by atoms with Crippen LogP contribution < -0.4 is 5.32 Å². The van der Waals surface area contributed by atoms with E-state index < -0.39 is 0 Å². The summed E-state index contributed by atoms with van der Waals surface area (Å²) in [6.07, 6.45) is 1.46. The number of amides is 1. The topological polar surface area (TPSA) is 108 Å². The Kier molecular flexibility index (Phi) is 5.98. The number of rotatable bonds is 7. The molecule has 0 spiro atoms. The molecular weight excluding hydrogens is 364 g/mol. The first-order valence-electron chi connectivity index (χ1n) is 9.67. The van der Waals surface area contributed by atoms with Gasteiger partial charge in [0.2, 0.25) is 11.8 Å². The van der Waals surface area contributed by atoms with Crippen molar-refractivity contribution in [3.05, 3.63) is 29.2 Å². The molecule has 2 aromatic heterocycles. The molecule has 1 saturated heterocycles. The van der Waals surface area contributed by atoms with Crippen molar-refractivity contribution in [2.24, 2.45) is 0 Å². The zero-order chi connectivity index (χ0) is 19.3. The zero-order valence-corrected chi connectivity index (χ0v) is 16.1. The maximum atomic E-state index is 12.7. The van der Waals surface area contributed by atoms with Gasteiger partial charge in [0.15, 0.2) is 5.82 Å². The molecule has 2 aromatic rings. The molecule has 4 heterocycles. The van der Waals surface area contributed by atoms with Gasteiger partial charge in [-0.3, -0.25) is 9.48 Å². The second-order valence-electron chi connectivity index (χ2n) is 7.10. The third kappa shape index (κ3) is 4.57. The molecule has 28 heavy (non-hydrogen) atoms. The average molecular weight is 390 g/mol. The highest BCUT2D eigenvalue weighted by atomic mass is 16.5. The summed E-state index contributed by atoms with van der Waals surface area (Å²) in [5, 5.41) is 11.8. The molecule has 0 bridgehead atoms. The molecule has 152 valence electrons. The van der Waals surface area contributed by atoms with Crippen molar-refractivity contribution in [2.75, 3.05) is 33.4 Å². The van der Waals surface area contributed by atoms with Gasteiger partial charge in [0.1, 0.15) is 6.61 Å². The molecule has 1 amide bonds. The number of carbonyl (C=O) groups excluding carboxylic acids is 1. The molecule has 0 saturated carbocycles. The van der Waals surface area contributed by atoms with E-state index in [1.54, 1.807) is 7.11 Å². The first-order valence-corrected chi connectivity index (χ1v) is 9.67. The van der Waals surface area contributed by atoms with E-state index in [0.29, 0.717) is 57.3 Å². The Hall–Kier alpha value is -2.30. The zero-order valence-electron chi connectivity index (χ0n) is 16.1. The van der Waals surface area contributed by atoms with Crippen LogP contribution in [0.1, 0.15) is 29.5 Å². The number of aromatic nitrogens is 4. The van der Waals surface area contributed by atoms with E-state index in [-0.39, 0.29) is 12.0 Å². The van der Waals surface area contributed by atoms with Gasteiger partial charge in [-0.25, -0.2) is 0 Å². The van der Waals surface area contributed by atoms with Gasteiger partial charge in [0.25, 0.3) is 0 Å². The van der Waals surface area contributed by atoms with Crippen molar-refractivity contribution in [1.82, 2.24) is 30.1 Å². The maximum Gasteiger partial charge on any atom is 0.229 e. The van der Waals surface area contributed by atoms with Crippen molar-refractivity contribution in [2.45, 2.75) is 45.1 Å². The Morgan fingerprint density at radius 3 is 3.21 bits per heavy atom. The van der Waals surface area contributed by atoms with E-state index in [1.807, 2.05) is 9.58 Å². The normalized spacial score (nSPS) is 19.6. The highest BCUT2D eigenvalue weighted by Gasteiger charge is 2.26. The van der Waals surface area contributed by atoms with Crippen LogP contribution in [0, 0.1) is 0 Å². The van der Waals surface area contributed by atoms with Crippen LogP contribution in [0.3, 0.4) is 0 Å². The molecule has 2 aliphatic heterocycles. The number of nitrogens with zero attached hydrogens (tertiary/aromatic N) is 5. The highest BCUT2D eigenvalue weighted by molar-refractivity contribution is 5.76. The highest BCUT2D eigenvalue weighted by Crippen LogP contribution is 2.14. The Balaban J connectivity index is 1.27. The van der Waals surface area contributed by atoms with Crippen molar-refractivity contribution in [3.63, 3.8) is 0 Å². The van der Waals surface area contributed by atoms with Crippen LogP contribution in [-0.4, -0.2) is 70.2 Å². The van der Waals surface area contributed by atoms with Crippen molar-refractivity contribution in [1.29, 1.82) is 0 Å². The predicted octanol–water partition coefficient (Wildman–Crippen LogP) is -0.0816. The summed E-state index contributed by atoms with van der Waals surface area (Å²) in [6.45, 7) is 4.63. The summed E-state index contributed by atoms with van der Waals surface area (Å²) in [4.78, 5) is 18.8. The first-order chi connectivity index (χ1) is 13.7. The molecule has 0 aromatic carbocycles. The maximum absolute atomic E-state index is 12.7. The fourth-order valence-electron chi connectivity index (χ4n) is 3.59. The third-order valence-corrected chi connectivity index (χ3v) is 4.99. The minimum Gasteiger partial charge on any atom is -0.377 e. The van der Waals surface area contributed by atoms with Gasteiger partial charge in [-0.05, 0) is 6.07 Å². The van der Waals surface area contributed by atoms with E-state index in [4.69, 9.17) is 14.0 Å². The van der Waals surface area contributed by atoms with Gasteiger partial charge in [-0.15, -0.1) is 0 Å². The molecule has 10 nitrogen and oxygen atoms in total.